The Hall–Kier alpha value is -0.710. The highest BCUT2D eigenvalue weighted by Gasteiger charge is 2.21. The lowest BCUT2D eigenvalue weighted by atomic mass is 9.94. The Kier molecular flexibility index (Phi) is 4.86. The van der Waals surface area contributed by atoms with E-state index in [0.29, 0.717) is 17.3 Å². The van der Waals surface area contributed by atoms with E-state index in [1.807, 2.05) is 13.8 Å². The van der Waals surface area contributed by atoms with Gasteiger partial charge in [-0.15, -0.1) is 0 Å². The van der Waals surface area contributed by atoms with Crippen LogP contribution in [0.4, 0.5) is 0 Å². The number of hydrogen-bond acceptors (Lipinski definition) is 2. The van der Waals surface area contributed by atoms with Crippen molar-refractivity contribution in [1.82, 2.24) is 10.3 Å². The van der Waals surface area contributed by atoms with Gasteiger partial charge >= 0.3 is 0 Å². The standard InChI is InChI=1S/C11H17Cl2N3O/c1-3-11(14,4-2)6-15-10(17)8-5-7(12)9(13)16-8/h5,16H,3-4,6,14H2,1-2H3,(H,15,17). The summed E-state index contributed by atoms with van der Waals surface area (Å²) in [7, 11) is 0. The second kappa shape index (κ2) is 5.76. The van der Waals surface area contributed by atoms with Gasteiger partial charge in [0.1, 0.15) is 10.8 Å². The zero-order valence-electron chi connectivity index (χ0n) is 9.94. The minimum Gasteiger partial charge on any atom is -0.349 e. The predicted molar refractivity (Wildman–Crippen MR) is 70.6 cm³/mol. The maximum absolute atomic E-state index is 11.8. The summed E-state index contributed by atoms with van der Waals surface area (Å²) >= 11 is 11.5. The van der Waals surface area contributed by atoms with E-state index in [-0.39, 0.29) is 16.6 Å². The molecule has 0 fully saturated rings. The third kappa shape index (κ3) is 3.63. The first kappa shape index (κ1) is 14.4. The number of amides is 1. The number of aromatic nitrogens is 1. The SMILES string of the molecule is CCC(N)(CC)CNC(=O)c1cc(Cl)c(Cl)[nH]1. The number of H-pyrrole nitrogens is 1. The van der Waals surface area contributed by atoms with Gasteiger partial charge in [-0.3, -0.25) is 4.79 Å². The van der Waals surface area contributed by atoms with E-state index in [9.17, 15) is 4.79 Å². The lowest BCUT2D eigenvalue weighted by Gasteiger charge is -2.26. The summed E-state index contributed by atoms with van der Waals surface area (Å²) in [4.78, 5) is 14.5. The van der Waals surface area contributed by atoms with Crippen molar-refractivity contribution in [2.75, 3.05) is 6.54 Å². The number of carbonyl (C=O) groups excluding carboxylic acids is 1. The molecule has 0 aromatic carbocycles. The summed E-state index contributed by atoms with van der Waals surface area (Å²) in [6.07, 6.45) is 1.60. The minimum absolute atomic E-state index is 0.254. The molecule has 1 aromatic rings. The first-order valence-corrected chi connectivity index (χ1v) is 6.28. The van der Waals surface area contributed by atoms with Crippen molar-refractivity contribution in [3.05, 3.63) is 21.9 Å². The van der Waals surface area contributed by atoms with E-state index < -0.39 is 0 Å². The van der Waals surface area contributed by atoms with Crippen LogP contribution in [0.15, 0.2) is 6.07 Å². The molecule has 0 spiro atoms. The number of nitrogens with one attached hydrogen (secondary N) is 2. The number of rotatable bonds is 5. The van der Waals surface area contributed by atoms with Crippen LogP contribution in [-0.2, 0) is 0 Å². The van der Waals surface area contributed by atoms with Crippen molar-refractivity contribution in [1.29, 1.82) is 0 Å². The molecular weight excluding hydrogens is 261 g/mol. The summed E-state index contributed by atoms with van der Waals surface area (Å²) in [6.45, 7) is 4.42. The zero-order valence-corrected chi connectivity index (χ0v) is 11.5. The Morgan fingerprint density at radius 2 is 2.06 bits per heavy atom. The molecule has 0 unspecified atom stereocenters. The average molecular weight is 278 g/mol. The summed E-state index contributed by atoms with van der Waals surface area (Å²) in [5.41, 5.74) is 6.06. The van der Waals surface area contributed by atoms with Crippen molar-refractivity contribution in [2.45, 2.75) is 32.2 Å². The van der Waals surface area contributed by atoms with Crippen LogP contribution >= 0.6 is 23.2 Å². The highest BCUT2D eigenvalue weighted by atomic mass is 35.5. The van der Waals surface area contributed by atoms with Gasteiger partial charge in [-0.2, -0.15) is 0 Å². The molecule has 4 N–H and O–H groups in total. The lowest BCUT2D eigenvalue weighted by molar-refractivity contribution is 0.0938. The molecule has 0 aliphatic carbocycles. The van der Waals surface area contributed by atoms with Crippen molar-refractivity contribution in [3.63, 3.8) is 0 Å². The fourth-order valence-electron chi connectivity index (χ4n) is 1.38. The second-order valence-electron chi connectivity index (χ2n) is 4.10. The molecular formula is C11H17Cl2N3O. The van der Waals surface area contributed by atoms with Crippen LogP contribution in [0.2, 0.25) is 10.2 Å². The second-order valence-corrected chi connectivity index (χ2v) is 4.88. The molecule has 1 heterocycles. The van der Waals surface area contributed by atoms with Gasteiger partial charge in [-0.1, -0.05) is 37.0 Å². The number of nitrogens with two attached hydrogens (primary N) is 1. The highest BCUT2D eigenvalue weighted by molar-refractivity contribution is 6.41. The summed E-state index contributed by atoms with van der Waals surface area (Å²) in [6, 6.07) is 1.50. The molecule has 17 heavy (non-hydrogen) atoms. The number of hydrogen-bond donors (Lipinski definition) is 3. The Balaban J connectivity index is 2.61. The van der Waals surface area contributed by atoms with Crippen LogP contribution in [0, 0.1) is 0 Å². The maximum Gasteiger partial charge on any atom is 0.267 e. The van der Waals surface area contributed by atoms with Crippen molar-refractivity contribution in [2.24, 2.45) is 5.73 Å². The maximum atomic E-state index is 11.8. The molecule has 6 heteroatoms. The van der Waals surface area contributed by atoms with E-state index in [4.69, 9.17) is 28.9 Å². The summed E-state index contributed by atoms with van der Waals surface area (Å²) < 4.78 is 0. The van der Waals surface area contributed by atoms with E-state index >= 15 is 0 Å². The lowest BCUT2D eigenvalue weighted by Crippen LogP contribution is -2.49. The molecule has 96 valence electrons. The fraction of sp³-hybridized carbons (Fsp3) is 0.545. The van der Waals surface area contributed by atoms with Gasteiger partial charge in [0.05, 0.1) is 5.02 Å². The number of aromatic amines is 1. The Labute approximate surface area is 111 Å². The van der Waals surface area contributed by atoms with Crippen LogP contribution in [0.3, 0.4) is 0 Å². The van der Waals surface area contributed by atoms with Crippen molar-refractivity contribution >= 4 is 29.1 Å². The minimum atomic E-state index is -0.365. The van der Waals surface area contributed by atoms with Crippen LogP contribution in [0.1, 0.15) is 37.2 Å². The third-order valence-corrected chi connectivity index (χ3v) is 3.67. The van der Waals surface area contributed by atoms with Gasteiger partial charge in [0, 0.05) is 12.1 Å². The predicted octanol–water partition coefficient (Wildman–Crippen LogP) is 2.57. The molecule has 0 aliphatic rings. The van der Waals surface area contributed by atoms with Crippen LogP contribution in [-0.4, -0.2) is 23.0 Å². The quantitative estimate of drug-likeness (QED) is 0.774. The Morgan fingerprint density at radius 1 is 1.47 bits per heavy atom. The molecule has 0 aliphatic heterocycles. The zero-order chi connectivity index (χ0) is 13.1. The Morgan fingerprint density at radius 3 is 2.47 bits per heavy atom. The molecule has 0 bridgehead atoms. The molecule has 1 aromatic heterocycles. The van der Waals surface area contributed by atoms with Gasteiger partial charge in [0.25, 0.3) is 5.91 Å². The van der Waals surface area contributed by atoms with Gasteiger partial charge in [-0.25, -0.2) is 0 Å². The fourth-order valence-corrected chi connectivity index (χ4v) is 1.69. The van der Waals surface area contributed by atoms with Crippen LogP contribution < -0.4 is 11.1 Å². The van der Waals surface area contributed by atoms with E-state index in [0.717, 1.165) is 12.8 Å². The van der Waals surface area contributed by atoms with Crippen molar-refractivity contribution in [3.8, 4) is 0 Å². The molecule has 1 rings (SSSR count). The number of halogens is 2. The first-order chi connectivity index (χ1) is 7.91. The topological polar surface area (TPSA) is 70.9 Å². The third-order valence-electron chi connectivity index (χ3n) is 2.98. The Bertz CT molecular complexity index is 380. The highest BCUT2D eigenvalue weighted by Crippen LogP contribution is 2.21. The molecule has 4 nitrogen and oxygen atoms in total. The van der Waals surface area contributed by atoms with E-state index in [1.54, 1.807) is 0 Å². The van der Waals surface area contributed by atoms with Gasteiger partial charge in [-0.05, 0) is 18.9 Å². The molecule has 0 radical (unpaired) electrons. The van der Waals surface area contributed by atoms with Crippen LogP contribution in [0.5, 0.6) is 0 Å². The summed E-state index contributed by atoms with van der Waals surface area (Å²) in [5, 5.41) is 3.37. The molecule has 1 amide bonds. The largest absolute Gasteiger partial charge is 0.349 e. The van der Waals surface area contributed by atoms with Gasteiger partial charge in [0.15, 0.2) is 0 Å². The van der Waals surface area contributed by atoms with Crippen molar-refractivity contribution < 1.29 is 4.79 Å². The van der Waals surface area contributed by atoms with Gasteiger partial charge in [0.2, 0.25) is 0 Å². The van der Waals surface area contributed by atoms with E-state index in [1.165, 1.54) is 6.07 Å². The molecule has 0 atom stereocenters. The summed E-state index contributed by atoms with van der Waals surface area (Å²) in [5.74, 6) is -0.254. The van der Waals surface area contributed by atoms with Gasteiger partial charge < -0.3 is 16.0 Å². The smallest absolute Gasteiger partial charge is 0.267 e. The molecule has 0 saturated carbocycles. The van der Waals surface area contributed by atoms with E-state index in [2.05, 4.69) is 10.3 Å². The first-order valence-electron chi connectivity index (χ1n) is 5.53. The van der Waals surface area contributed by atoms with Crippen LogP contribution in [0.25, 0.3) is 0 Å². The molecule has 0 saturated heterocycles. The monoisotopic (exact) mass is 277 g/mol. The normalized spacial score (nSPS) is 11.6. The number of carbonyl (C=O) groups is 1. The average Bonchev–Trinajstić information content (AvgIpc) is 2.66.